The summed E-state index contributed by atoms with van der Waals surface area (Å²) in [6.07, 6.45) is 8.80. The molecule has 1 amide bonds. The van der Waals surface area contributed by atoms with Gasteiger partial charge in [-0.2, -0.15) is 0 Å². The van der Waals surface area contributed by atoms with Crippen LogP contribution in [0, 0.1) is 0 Å². The van der Waals surface area contributed by atoms with Crippen LogP contribution in [-0.4, -0.2) is 22.4 Å². The number of hydrogen-bond donors (Lipinski definition) is 2. The van der Waals surface area contributed by atoms with Gasteiger partial charge in [0.2, 0.25) is 5.91 Å². The summed E-state index contributed by atoms with van der Waals surface area (Å²) in [6.45, 7) is 0. The minimum atomic E-state index is -0.118. The molecule has 0 aliphatic heterocycles. The third kappa shape index (κ3) is 5.20. The van der Waals surface area contributed by atoms with E-state index in [-0.39, 0.29) is 17.2 Å². The monoisotopic (exact) mass is 323 g/mol. The Labute approximate surface area is 138 Å². The SMILES string of the molecule is O=C(CCCCCl)NC1(Cc2ccc(O)cc2)CCCCC1. The number of halogens is 1. The lowest BCUT2D eigenvalue weighted by Gasteiger charge is -2.38. The molecule has 22 heavy (non-hydrogen) atoms. The fourth-order valence-corrected chi connectivity index (χ4v) is 3.51. The highest BCUT2D eigenvalue weighted by molar-refractivity contribution is 6.17. The van der Waals surface area contributed by atoms with Gasteiger partial charge in [0.15, 0.2) is 0 Å². The zero-order valence-corrected chi connectivity index (χ0v) is 13.9. The molecule has 1 fully saturated rings. The second kappa shape index (κ2) is 8.42. The summed E-state index contributed by atoms with van der Waals surface area (Å²) >= 11 is 5.67. The molecule has 0 radical (unpaired) electrons. The van der Waals surface area contributed by atoms with Crippen molar-refractivity contribution in [3.8, 4) is 5.75 Å². The van der Waals surface area contributed by atoms with Crippen LogP contribution in [0.5, 0.6) is 5.75 Å². The van der Waals surface area contributed by atoms with Crippen molar-refractivity contribution in [1.82, 2.24) is 5.32 Å². The van der Waals surface area contributed by atoms with Crippen molar-refractivity contribution < 1.29 is 9.90 Å². The fourth-order valence-electron chi connectivity index (χ4n) is 3.32. The van der Waals surface area contributed by atoms with Gasteiger partial charge in [0.1, 0.15) is 5.75 Å². The summed E-state index contributed by atoms with van der Waals surface area (Å²) in [6, 6.07) is 7.33. The molecule has 1 aliphatic carbocycles. The van der Waals surface area contributed by atoms with E-state index in [1.807, 2.05) is 12.1 Å². The third-order valence-corrected chi connectivity index (χ3v) is 4.75. The van der Waals surface area contributed by atoms with E-state index in [2.05, 4.69) is 5.32 Å². The molecule has 0 bridgehead atoms. The Hall–Kier alpha value is -1.22. The fraction of sp³-hybridized carbons (Fsp3) is 0.611. The van der Waals surface area contributed by atoms with Crippen molar-refractivity contribution >= 4 is 17.5 Å². The summed E-state index contributed by atoms with van der Waals surface area (Å²) < 4.78 is 0. The van der Waals surface area contributed by atoms with Gasteiger partial charge in [0.05, 0.1) is 0 Å². The summed E-state index contributed by atoms with van der Waals surface area (Å²) in [7, 11) is 0. The number of carbonyl (C=O) groups is 1. The van der Waals surface area contributed by atoms with Crippen LogP contribution in [0.4, 0.5) is 0 Å². The molecule has 0 aromatic heterocycles. The van der Waals surface area contributed by atoms with Crippen molar-refractivity contribution in [1.29, 1.82) is 0 Å². The van der Waals surface area contributed by atoms with Gasteiger partial charge in [-0.15, -0.1) is 11.6 Å². The molecule has 4 heteroatoms. The number of rotatable bonds is 7. The first kappa shape index (κ1) is 17.1. The summed E-state index contributed by atoms with van der Waals surface area (Å²) in [4.78, 5) is 12.2. The van der Waals surface area contributed by atoms with Crippen molar-refractivity contribution in [2.24, 2.45) is 0 Å². The molecule has 2 rings (SSSR count). The number of unbranched alkanes of at least 4 members (excludes halogenated alkanes) is 1. The van der Waals surface area contributed by atoms with E-state index in [0.717, 1.165) is 32.1 Å². The number of carbonyl (C=O) groups excluding carboxylic acids is 1. The number of hydrogen-bond acceptors (Lipinski definition) is 2. The van der Waals surface area contributed by atoms with Gasteiger partial charge in [-0.1, -0.05) is 31.4 Å². The molecule has 122 valence electrons. The Morgan fingerprint density at radius 1 is 1.14 bits per heavy atom. The van der Waals surface area contributed by atoms with Gasteiger partial charge in [-0.3, -0.25) is 4.79 Å². The first-order valence-electron chi connectivity index (χ1n) is 8.28. The second-order valence-corrected chi connectivity index (χ2v) is 6.76. The Morgan fingerprint density at radius 2 is 1.82 bits per heavy atom. The first-order chi connectivity index (χ1) is 10.6. The van der Waals surface area contributed by atoms with Crippen LogP contribution in [-0.2, 0) is 11.2 Å². The van der Waals surface area contributed by atoms with E-state index in [9.17, 15) is 9.90 Å². The topological polar surface area (TPSA) is 49.3 Å². The number of aromatic hydroxyl groups is 1. The van der Waals surface area contributed by atoms with Crippen molar-refractivity contribution in [3.63, 3.8) is 0 Å². The van der Waals surface area contributed by atoms with Gasteiger partial charge in [-0.25, -0.2) is 0 Å². The molecule has 0 unspecified atom stereocenters. The standard InChI is InChI=1S/C18H26ClNO2/c19-13-5-2-6-17(22)20-18(11-3-1-4-12-18)14-15-7-9-16(21)10-8-15/h7-10,21H,1-6,11-14H2,(H,20,22). The van der Waals surface area contributed by atoms with Crippen LogP contribution in [0.15, 0.2) is 24.3 Å². The van der Waals surface area contributed by atoms with Crippen LogP contribution >= 0.6 is 11.6 Å². The number of alkyl halides is 1. The van der Waals surface area contributed by atoms with E-state index in [0.29, 0.717) is 12.3 Å². The molecular formula is C18H26ClNO2. The molecule has 3 nitrogen and oxygen atoms in total. The lowest BCUT2D eigenvalue weighted by Crippen LogP contribution is -2.51. The Morgan fingerprint density at radius 3 is 2.45 bits per heavy atom. The Bertz CT molecular complexity index is 466. The quantitative estimate of drug-likeness (QED) is 0.584. The molecule has 0 atom stereocenters. The van der Waals surface area contributed by atoms with Crippen molar-refractivity contribution in [2.75, 3.05) is 5.88 Å². The van der Waals surface area contributed by atoms with Crippen LogP contribution in [0.1, 0.15) is 56.9 Å². The molecule has 1 aromatic carbocycles. The largest absolute Gasteiger partial charge is 0.508 e. The Kier molecular flexibility index (Phi) is 6.56. The maximum absolute atomic E-state index is 12.2. The lowest BCUT2D eigenvalue weighted by atomic mass is 9.77. The maximum Gasteiger partial charge on any atom is 0.220 e. The number of phenols is 1. The smallest absolute Gasteiger partial charge is 0.220 e. The van der Waals surface area contributed by atoms with Crippen LogP contribution in [0.25, 0.3) is 0 Å². The van der Waals surface area contributed by atoms with E-state index < -0.39 is 0 Å². The van der Waals surface area contributed by atoms with Crippen LogP contribution in [0.2, 0.25) is 0 Å². The normalized spacial score (nSPS) is 17.1. The third-order valence-electron chi connectivity index (χ3n) is 4.48. The summed E-state index contributed by atoms with van der Waals surface area (Å²) in [5.74, 6) is 1.05. The summed E-state index contributed by atoms with van der Waals surface area (Å²) in [5.41, 5.74) is 1.05. The van der Waals surface area contributed by atoms with Gasteiger partial charge >= 0.3 is 0 Å². The van der Waals surface area contributed by atoms with Gasteiger partial charge in [-0.05, 0) is 49.8 Å². The molecule has 0 spiro atoms. The first-order valence-corrected chi connectivity index (χ1v) is 8.82. The van der Waals surface area contributed by atoms with E-state index in [1.165, 1.54) is 24.8 Å². The zero-order valence-electron chi connectivity index (χ0n) is 13.1. The molecular weight excluding hydrogens is 298 g/mol. The minimum absolute atomic E-state index is 0.118. The zero-order chi connectivity index (χ0) is 15.8. The van der Waals surface area contributed by atoms with E-state index in [4.69, 9.17) is 11.6 Å². The molecule has 0 saturated heterocycles. The maximum atomic E-state index is 12.2. The predicted octanol–water partition coefficient (Wildman–Crippen LogP) is 4.16. The molecule has 1 aliphatic rings. The minimum Gasteiger partial charge on any atom is -0.508 e. The highest BCUT2D eigenvalue weighted by Crippen LogP contribution is 2.32. The highest BCUT2D eigenvalue weighted by Gasteiger charge is 2.33. The number of nitrogens with one attached hydrogen (secondary N) is 1. The van der Waals surface area contributed by atoms with Crippen molar-refractivity contribution in [3.05, 3.63) is 29.8 Å². The lowest BCUT2D eigenvalue weighted by molar-refractivity contribution is -0.123. The van der Waals surface area contributed by atoms with Gasteiger partial charge in [0.25, 0.3) is 0 Å². The predicted molar refractivity (Wildman–Crippen MR) is 90.3 cm³/mol. The van der Waals surface area contributed by atoms with E-state index in [1.54, 1.807) is 12.1 Å². The Balaban J connectivity index is 2.00. The number of benzene rings is 1. The van der Waals surface area contributed by atoms with Crippen LogP contribution < -0.4 is 5.32 Å². The van der Waals surface area contributed by atoms with Crippen LogP contribution in [0.3, 0.4) is 0 Å². The number of amides is 1. The average molecular weight is 324 g/mol. The van der Waals surface area contributed by atoms with Gasteiger partial charge in [0, 0.05) is 17.8 Å². The molecule has 1 aromatic rings. The molecule has 0 heterocycles. The highest BCUT2D eigenvalue weighted by atomic mass is 35.5. The summed E-state index contributed by atoms with van der Waals surface area (Å²) in [5, 5.41) is 12.7. The molecule has 1 saturated carbocycles. The van der Waals surface area contributed by atoms with E-state index >= 15 is 0 Å². The van der Waals surface area contributed by atoms with Gasteiger partial charge < -0.3 is 10.4 Å². The second-order valence-electron chi connectivity index (χ2n) is 6.38. The van der Waals surface area contributed by atoms with Crippen molar-refractivity contribution in [2.45, 2.75) is 63.3 Å². The average Bonchev–Trinajstić information content (AvgIpc) is 2.51. The number of phenolic OH excluding ortho intramolecular Hbond substituents is 1. The molecule has 2 N–H and O–H groups in total.